The van der Waals surface area contributed by atoms with Gasteiger partial charge in [-0.05, 0) is 112 Å². The van der Waals surface area contributed by atoms with Gasteiger partial charge in [-0.3, -0.25) is 0 Å². The molecule has 0 radical (unpaired) electrons. The molecule has 1 heterocycles. The number of hydrogen-bond acceptors (Lipinski definition) is 1. The van der Waals surface area contributed by atoms with Crippen molar-refractivity contribution in [3.63, 3.8) is 0 Å². The zero-order valence-electron chi connectivity index (χ0n) is 27.7. The first-order chi connectivity index (χ1) is 25.3. The summed E-state index contributed by atoms with van der Waals surface area (Å²) < 4.78 is 2.67. The number of rotatable bonds is 3. The third-order valence-electron chi connectivity index (χ3n) is 10.8. The fourth-order valence-corrected chi connectivity index (χ4v) is 9.67. The summed E-state index contributed by atoms with van der Waals surface area (Å²) >= 11 is 1.90. The zero-order chi connectivity index (χ0) is 33.5. The summed E-state index contributed by atoms with van der Waals surface area (Å²) in [7, 11) is 0. The van der Waals surface area contributed by atoms with Crippen molar-refractivity contribution in [2.24, 2.45) is 0 Å². The Hall–Kier alpha value is -6.28. The van der Waals surface area contributed by atoms with Gasteiger partial charge in [0.2, 0.25) is 0 Å². The first kappa shape index (κ1) is 28.5. The minimum atomic E-state index is 1.23. The third kappa shape index (κ3) is 4.39. The Morgan fingerprint density at radius 2 is 0.745 bits per heavy atom. The van der Waals surface area contributed by atoms with Gasteiger partial charge >= 0.3 is 0 Å². The molecule has 0 bridgehead atoms. The summed E-state index contributed by atoms with van der Waals surface area (Å²) in [6.45, 7) is 0. The van der Waals surface area contributed by atoms with E-state index in [9.17, 15) is 0 Å². The zero-order valence-corrected chi connectivity index (χ0v) is 28.5. The molecule has 0 spiro atoms. The average Bonchev–Trinajstić information content (AvgIpc) is 3.56. The Labute approximate surface area is 299 Å². The van der Waals surface area contributed by atoms with Crippen LogP contribution in [0.3, 0.4) is 0 Å². The molecular formula is C50H30S. The van der Waals surface area contributed by atoms with Gasteiger partial charge in [0, 0.05) is 20.2 Å². The van der Waals surface area contributed by atoms with E-state index in [1.165, 1.54) is 107 Å². The van der Waals surface area contributed by atoms with Crippen LogP contribution in [0, 0.1) is 0 Å². The molecule has 0 saturated carbocycles. The predicted octanol–water partition coefficient (Wildman–Crippen LogP) is 14.8. The fraction of sp³-hybridized carbons (Fsp3) is 0. The molecule has 0 aliphatic heterocycles. The van der Waals surface area contributed by atoms with Crippen molar-refractivity contribution in [3.05, 3.63) is 182 Å². The van der Waals surface area contributed by atoms with E-state index in [4.69, 9.17) is 0 Å². The van der Waals surface area contributed by atoms with Crippen LogP contribution in [0.25, 0.3) is 107 Å². The van der Waals surface area contributed by atoms with Gasteiger partial charge in [-0.25, -0.2) is 0 Å². The fourth-order valence-electron chi connectivity index (χ4n) is 8.48. The molecule has 0 aliphatic rings. The third-order valence-corrected chi connectivity index (χ3v) is 11.9. The van der Waals surface area contributed by atoms with E-state index in [0.717, 1.165) is 0 Å². The van der Waals surface area contributed by atoms with Gasteiger partial charge in [0.25, 0.3) is 0 Å². The van der Waals surface area contributed by atoms with Crippen molar-refractivity contribution in [1.29, 1.82) is 0 Å². The highest BCUT2D eigenvalue weighted by molar-refractivity contribution is 7.26. The molecule has 0 fully saturated rings. The van der Waals surface area contributed by atoms with Crippen LogP contribution in [0.4, 0.5) is 0 Å². The van der Waals surface area contributed by atoms with Gasteiger partial charge in [0.1, 0.15) is 0 Å². The molecule has 1 heteroatoms. The SMILES string of the molecule is c1ccc2cc(-c3c4ccccc4c(-c4ccc(-c5cc6sc7cc8ccccc8cc7c6c6ccccc56)cc4)c4ccccc34)ccc2c1. The minimum absolute atomic E-state index is 1.23. The van der Waals surface area contributed by atoms with Crippen LogP contribution < -0.4 is 0 Å². The van der Waals surface area contributed by atoms with Crippen LogP contribution in [-0.2, 0) is 0 Å². The maximum atomic E-state index is 2.42. The molecule has 0 atom stereocenters. The van der Waals surface area contributed by atoms with Gasteiger partial charge in [-0.2, -0.15) is 0 Å². The highest BCUT2D eigenvalue weighted by Gasteiger charge is 2.18. The van der Waals surface area contributed by atoms with E-state index in [1.807, 2.05) is 11.3 Å². The second kappa shape index (κ2) is 11.1. The second-order valence-electron chi connectivity index (χ2n) is 13.6. The lowest BCUT2D eigenvalue weighted by atomic mass is 9.85. The van der Waals surface area contributed by atoms with Crippen LogP contribution in [0.1, 0.15) is 0 Å². The van der Waals surface area contributed by atoms with Gasteiger partial charge in [-0.15, -0.1) is 11.3 Å². The van der Waals surface area contributed by atoms with E-state index in [1.54, 1.807) is 0 Å². The standard InChI is InChI=1S/C50H30S/c1-2-12-34-27-37(26-21-31(34)11-1)49-42-19-9-7-17-40(42)48(41-18-8-10-20-43(41)49)33-24-22-32(23-25-33)44-30-47-50(39-16-6-5-15-38(39)44)45-28-35-13-3-4-14-36(35)29-46(45)51-47/h1-30H. The summed E-state index contributed by atoms with van der Waals surface area (Å²) in [5.41, 5.74) is 7.58. The summed E-state index contributed by atoms with van der Waals surface area (Å²) in [4.78, 5) is 0. The Balaban J connectivity index is 1.10. The largest absolute Gasteiger partial charge is 0.135 e. The average molecular weight is 663 g/mol. The second-order valence-corrected chi connectivity index (χ2v) is 14.7. The smallest absolute Gasteiger partial charge is 0.0368 e. The van der Waals surface area contributed by atoms with Crippen LogP contribution in [0.2, 0.25) is 0 Å². The molecule has 0 saturated heterocycles. The number of thiophene rings is 1. The Morgan fingerprint density at radius 1 is 0.275 bits per heavy atom. The summed E-state index contributed by atoms with van der Waals surface area (Å²) in [5, 5.41) is 15.5. The van der Waals surface area contributed by atoms with Crippen molar-refractivity contribution in [2.75, 3.05) is 0 Å². The maximum Gasteiger partial charge on any atom is 0.0368 e. The Kier molecular flexibility index (Phi) is 6.22. The van der Waals surface area contributed by atoms with Crippen molar-refractivity contribution in [1.82, 2.24) is 0 Å². The molecule has 0 aliphatic carbocycles. The molecule has 0 amide bonds. The molecule has 0 nitrogen and oxygen atoms in total. The molecule has 236 valence electrons. The normalized spacial score (nSPS) is 11.9. The van der Waals surface area contributed by atoms with E-state index in [-0.39, 0.29) is 0 Å². The van der Waals surface area contributed by atoms with Crippen LogP contribution in [0.5, 0.6) is 0 Å². The minimum Gasteiger partial charge on any atom is -0.135 e. The van der Waals surface area contributed by atoms with Crippen molar-refractivity contribution >= 4 is 85.4 Å². The first-order valence-corrected chi connectivity index (χ1v) is 18.4. The number of hydrogen-bond donors (Lipinski definition) is 0. The predicted molar refractivity (Wildman–Crippen MR) is 223 cm³/mol. The monoisotopic (exact) mass is 662 g/mol. The van der Waals surface area contributed by atoms with E-state index < -0.39 is 0 Å². The number of fused-ring (bicyclic) bond motifs is 9. The van der Waals surface area contributed by atoms with E-state index in [0.29, 0.717) is 0 Å². The first-order valence-electron chi connectivity index (χ1n) is 17.6. The quantitative estimate of drug-likeness (QED) is 0.165. The van der Waals surface area contributed by atoms with Gasteiger partial charge in [0.05, 0.1) is 0 Å². The maximum absolute atomic E-state index is 2.42. The van der Waals surface area contributed by atoms with Crippen LogP contribution >= 0.6 is 11.3 Å². The van der Waals surface area contributed by atoms with Gasteiger partial charge in [0.15, 0.2) is 0 Å². The molecular weight excluding hydrogens is 633 g/mol. The summed E-state index contributed by atoms with van der Waals surface area (Å²) in [6, 6.07) is 67.5. The topological polar surface area (TPSA) is 0 Å². The lowest BCUT2D eigenvalue weighted by Gasteiger charge is -2.18. The molecule has 51 heavy (non-hydrogen) atoms. The lowest BCUT2D eigenvalue weighted by molar-refractivity contribution is 1.64. The highest BCUT2D eigenvalue weighted by Crippen LogP contribution is 2.46. The molecule has 11 rings (SSSR count). The summed E-state index contributed by atoms with van der Waals surface area (Å²) in [5.74, 6) is 0. The van der Waals surface area contributed by atoms with Crippen molar-refractivity contribution in [3.8, 4) is 33.4 Å². The molecule has 0 N–H and O–H groups in total. The molecule has 0 unspecified atom stereocenters. The van der Waals surface area contributed by atoms with Gasteiger partial charge in [-0.1, -0.05) is 158 Å². The molecule has 10 aromatic carbocycles. The van der Waals surface area contributed by atoms with Crippen LogP contribution in [-0.4, -0.2) is 0 Å². The van der Waals surface area contributed by atoms with Crippen molar-refractivity contribution < 1.29 is 0 Å². The molecule has 11 aromatic rings. The highest BCUT2D eigenvalue weighted by atomic mass is 32.1. The number of benzene rings is 10. The lowest BCUT2D eigenvalue weighted by Crippen LogP contribution is -1.91. The van der Waals surface area contributed by atoms with Crippen molar-refractivity contribution in [2.45, 2.75) is 0 Å². The van der Waals surface area contributed by atoms with Gasteiger partial charge < -0.3 is 0 Å². The van der Waals surface area contributed by atoms with Crippen LogP contribution in [0.15, 0.2) is 182 Å². The summed E-state index contributed by atoms with van der Waals surface area (Å²) in [6.07, 6.45) is 0. The Morgan fingerprint density at radius 3 is 1.39 bits per heavy atom. The Bertz CT molecular complexity index is 3120. The van der Waals surface area contributed by atoms with E-state index in [2.05, 4.69) is 182 Å². The van der Waals surface area contributed by atoms with E-state index >= 15 is 0 Å². The molecule has 1 aromatic heterocycles.